The molecule has 0 aliphatic rings. The maximum Gasteiger partial charge on any atom is 0.212 e. The zero-order valence-electron chi connectivity index (χ0n) is 7.91. The number of sulfonamides is 1. The first-order chi connectivity index (χ1) is 6.62. The van der Waals surface area contributed by atoms with Gasteiger partial charge in [-0.2, -0.15) is 0 Å². The summed E-state index contributed by atoms with van der Waals surface area (Å²) in [7, 11) is -3.21. The van der Waals surface area contributed by atoms with Crippen LogP contribution in [0.5, 0.6) is 0 Å². The SMILES string of the molecule is O=S(=O)(CCCl)NCCCOCCO. The van der Waals surface area contributed by atoms with Gasteiger partial charge in [0.15, 0.2) is 0 Å². The van der Waals surface area contributed by atoms with Gasteiger partial charge in [-0.1, -0.05) is 0 Å². The second-order valence-corrected chi connectivity index (χ2v) is 4.90. The Morgan fingerprint density at radius 1 is 1.36 bits per heavy atom. The minimum absolute atomic E-state index is 0.0159. The van der Waals surface area contributed by atoms with Crippen LogP contribution in [0.1, 0.15) is 6.42 Å². The third-order valence-corrected chi connectivity index (χ3v) is 3.17. The lowest BCUT2D eigenvalue weighted by atomic mass is 10.5. The van der Waals surface area contributed by atoms with Gasteiger partial charge < -0.3 is 9.84 Å². The Bertz CT molecular complexity index is 220. The third kappa shape index (κ3) is 8.71. The fourth-order valence-electron chi connectivity index (χ4n) is 0.742. The van der Waals surface area contributed by atoms with Gasteiger partial charge in [0.1, 0.15) is 0 Å². The molecule has 0 rings (SSSR count). The Morgan fingerprint density at radius 2 is 2.07 bits per heavy atom. The van der Waals surface area contributed by atoms with E-state index in [1.807, 2.05) is 0 Å². The van der Waals surface area contributed by atoms with E-state index in [0.717, 1.165) is 0 Å². The van der Waals surface area contributed by atoms with Crippen molar-refractivity contribution in [1.82, 2.24) is 4.72 Å². The van der Waals surface area contributed by atoms with E-state index in [4.69, 9.17) is 21.4 Å². The van der Waals surface area contributed by atoms with E-state index in [1.54, 1.807) is 0 Å². The van der Waals surface area contributed by atoms with Crippen molar-refractivity contribution < 1.29 is 18.3 Å². The number of aliphatic hydroxyl groups is 1. The number of alkyl halides is 1. The van der Waals surface area contributed by atoms with E-state index >= 15 is 0 Å². The van der Waals surface area contributed by atoms with Crippen LogP contribution in [0.3, 0.4) is 0 Å². The molecule has 14 heavy (non-hydrogen) atoms. The first-order valence-electron chi connectivity index (χ1n) is 4.34. The molecule has 0 aromatic rings. The highest BCUT2D eigenvalue weighted by Gasteiger charge is 2.06. The Balaban J connectivity index is 3.35. The van der Waals surface area contributed by atoms with Crippen LogP contribution in [0.15, 0.2) is 0 Å². The van der Waals surface area contributed by atoms with E-state index in [-0.39, 0.29) is 24.8 Å². The molecule has 0 heterocycles. The molecule has 0 spiro atoms. The lowest BCUT2D eigenvalue weighted by Crippen LogP contribution is -2.28. The topological polar surface area (TPSA) is 75.6 Å². The Labute approximate surface area is 89.5 Å². The van der Waals surface area contributed by atoms with E-state index in [1.165, 1.54) is 0 Å². The van der Waals surface area contributed by atoms with Crippen molar-refractivity contribution in [2.45, 2.75) is 6.42 Å². The fourth-order valence-corrected chi connectivity index (χ4v) is 2.15. The maximum absolute atomic E-state index is 11.0. The maximum atomic E-state index is 11.0. The smallest absolute Gasteiger partial charge is 0.212 e. The molecule has 0 radical (unpaired) electrons. The van der Waals surface area contributed by atoms with Crippen molar-refractivity contribution in [1.29, 1.82) is 0 Å². The summed E-state index contributed by atoms with van der Waals surface area (Å²) in [6, 6.07) is 0. The first-order valence-corrected chi connectivity index (χ1v) is 6.53. The van der Waals surface area contributed by atoms with Crippen molar-refractivity contribution in [2.24, 2.45) is 0 Å². The van der Waals surface area contributed by atoms with Gasteiger partial charge in [-0.15, -0.1) is 11.6 Å². The van der Waals surface area contributed by atoms with Gasteiger partial charge >= 0.3 is 0 Å². The van der Waals surface area contributed by atoms with Gasteiger partial charge in [0.05, 0.1) is 19.0 Å². The molecule has 0 saturated carbocycles. The van der Waals surface area contributed by atoms with E-state index in [0.29, 0.717) is 19.6 Å². The average molecular weight is 246 g/mol. The molecule has 0 unspecified atom stereocenters. The summed E-state index contributed by atoms with van der Waals surface area (Å²) < 4.78 is 29.4. The highest BCUT2D eigenvalue weighted by Crippen LogP contribution is 1.88. The molecule has 0 aromatic carbocycles. The second-order valence-electron chi connectivity index (χ2n) is 2.59. The minimum Gasteiger partial charge on any atom is -0.394 e. The summed E-state index contributed by atoms with van der Waals surface area (Å²) in [6.45, 7) is 1.04. The number of hydrogen-bond acceptors (Lipinski definition) is 4. The molecule has 7 heteroatoms. The molecule has 2 N–H and O–H groups in total. The molecule has 86 valence electrons. The van der Waals surface area contributed by atoms with Gasteiger partial charge in [-0.3, -0.25) is 0 Å². The van der Waals surface area contributed by atoms with Crippen molar-refractivity contribution in [3.8, 4) is 0 Å². The van der Waals surface area contributed by atoms with Gasteiger partial charge in [0.2, 0.25) is 10.0 Å². The average Bonchev–Trinajstić information content (AvgIpc) is 2.11. The molecule has 0 aliphatic carbocycles. The molecule has 0 fully saturated rings. The molecule has 0 amide bonds. The zero-order valence-corrected chi connectivity index (χ0v) is 9.48. The molecule has 0 atom stereocenters. The standard InChI is InChI=1S/C7H16ClNO4S/c8-2-7-14(11,12)9-3-1-5-13-6-4-10/h9-10H,1-7H2. The Morgan fingerprint density at radius 3 is 2.64 bits per heavy atom. The summed E-state index contributed by atoms with van der Waals surface area (Å²) in [5.74, 6) is 0.0302. The summed E-state index contributed by atoms with van der Waals surface area (Å²) in [5, 5.41) is 8.37. The number of nitrogens with one attached hydrogen (secondary N) is 1. The van der Waals surface area contributed by atoms with Crippen LogP contribution in [-0.2, 0) is 14.8 Å². The summed E-state index contributed by atoms with van der Waals surface area (Å²) in [6.07, 6.45) is 0.585. The predicted molar refractivity (Wildman–Crippen MR) is 55.0 cm³/mol. The van der Waals surface area contributed by atoms with E-state index in [2.05, 4.69) is 4.72 Å². The molecular formula is C7H16ClNO4S. The quantitative estimate of drug-likeness (QED) is 0.426. The van der Waals surface area contributed by atoms with Crippen molar-refractivity contribution >= 4 is 21.6 Å². The third-order valence-electron chi connectivity index (χ3n) is 1.37. The van der Waals surface area contributed by atoms with E-state index < -0.39 is 10.0 Å². The molecule has 0 aromatic heterocycles. The first kappa shape index (κ1) is 14.1. The molecule has 5 nitrogen and oxygen atoms in total. The summed E-state index contributed by atoms with van der Waals surface area (Å²) in [5.41, 5.74) is 0. The number of halogens is 1. The monoisotopic (exact) mass is 245 g/mol. The fraction of sp³-hybridized carbons (Fsp3) is 1.00. The van der Waals surface area contributed by atoms with E-state index in [9.17, 15) is 8.42 Å². The van der Waals surface area contributed by atoms with Gasteiger partial charge in [0.25, 0.3) is 0 Å². The highest BCUT2D eigenvalue weighted by atomic mass is 35.5. The summed E-state index contributed by atoms with van der Waals surface area (Å²) >= 11 is 5.30. The van der Waals surface area contributed by atoms with Crippen LogP contribution in [0.4, 0.5) is 0 Å². The van der Waals surface area contributed by atoms with Gasteiger partial charge in [-0.05, 0) is 6.42 Å². The summed E-state index contributed by atoms with van der Waals surface area (Å²) in [4.78, 5) is 0. The normalized spacial score (nSPS) is 11.9. The number of rotatable bonds is 9. The Kier molecular flexibility index (Phi) is 8.50. The predicted octanol–water partition coefficient (Wildman–Crippen LogP) is -0.456. The van der Waals surface area contributed by atoms with Crippen molar-refractivity contribution in [2.75, 3.05) is 38.0 Å². The molecule has 0 saturated heterocycles. The van der Waals surface area contributed by atoms with Gasteiger partial charge in [-0.25, -0.2) is 13.1 Å². The molecule has 0 aliphatic heterocycles. The zero-order chi connectivity index (χ0) is 10.9. The lowest BCUT2D eigenvalue weighted by Gasteiger charge is -2.05. The number of hydrogen-bond donors (Lipinski definition) is 2. The largest absolute Gasteiger partial charge is 0.394 e. The van der Waals surface area contributed by atoms with Crippen molar-refractivity contribution in [3.63, 3.8) is 0 Å². The van der Waals surface area contributed by atoms with Crippen LogP contribution in [0, 0.1) is 0 Å². The van der Waals surface area contributed by atoms with Crippen molar-refractivity contribution in [3.05, 3.63) is 0 Å². The molecule has 0 bridgehead atoms. The van der Waals surface area contributed by atoms with Gasteiger partial charge in [0, 0.05) is 19.0 Å². The second kappa shape index (κ2) is 8.43. The van der Waals surface area contributed by atoms with Crippen LogP contribution in [0.25, 0.3) is 0 Å². The number of ether oxygens (including phenoxy) is 1. The van der Waals surface area contributed by atoms with Crippen LogP contribution >= 0.6 is 11.6 Å². The Hall–Kier alpha value is 0.120. The van der Waals surface area contributed by atoms with Crippen LogP contribution in [-0.4, -0.2) is 51.5 Å². The molecular weight excluding hydrogens is 230 g/mol. The highest BCUT2D eigenvalue weighted by molar-refractivity contribution is 7.89. The minimum atomic E-state index is -3.21. The lowest BCUT2D eigenvalue weighted by molar-refractivity contribution is 0.0913. The van der Waals surface area contributed by atoms with Crippen LogP contribution in [0.2, 0.25) is 0 Å². The van der Waals surface area contributed by atoms with Crippen LogP contribution < -0.4 is 4.72 Å². The number of aliphatic hydroxyl groups excluding tert-OH is 1.